The molecule has 1 aromatic heterocycles. The summed E-state index contributed by atoms with van der Waals surface area (Å²) in [4.78, 5) is 14.3. The maximum absolute atomic E-state index is 13.2. The van der Waals surface area contributed by atoms with Crippen LogP contribution in [0.2, 0.25) is 0 Å². The van der Waals surface area contributed by atoms with Gasteiger partial charge in [0.05, 0.1) is 6.20 Å². The van der Waals surface area contributed by atoms with E-state index in [4.69, 9.17) is 9.84 Å². The van der Waals surface area contributed by atoms with Crippen LogP contribution in [0.15, 0.2) is 35.6 Å². The molecule has 104 valence electrons. The van der Waals surface area contributed by atoms with Crippen molar-refractivity contribution in [3.05, 3.63) is 47.1 Å². The lowest BCUT2D eigenvalue weighted by molar-refractivity contribution is 0.0689. The zero-order valence-electron chi connectivity index (χ0n) is 10.8. The molecule has 1 aromatic rings. The molecule has 2 aliphatic carbocycles. The summed E-state index contributed by atoms with van der Waals surface area (Å²) in [5, 5.41) is 8.87. The number of hydrogen-bond acceptors (Lipinski definition) is 3. The molecule has 2 aliphatic rings. The molecule has 1 atom stereocenters. The molecule has 1 heterocycles. The van der Waals surface area contributed by atoms with Crippen LogP contribution < -0.4 is 4.74 Å². The van der Waals surface area contributed by atoms with E-state index < -0.39 is 17.5 Å². The van der Waals surface area contributed by atoms with E-state index in [1.807, 2.05) is 0 Å². The predicted octanol–water partition coefficient (Wildman–Crippen LogP) is 3.11. The minimum atomic E-state index is -1.34. The zero-order chi connectivity index (χ0) is 14.1. The van der Waals surface area contributed by atoms with E-state index in [1.165, 1.54) is 23.4 Å². The first kappa shape index (κ1) is 12.8. The van der Waals surface area contributed by atoms with Crippen molar-refractivity contribution in [2.45, 2.75) is 31.8 Å². The van der Waals surface area contributed by atoms with E-state index in [0.717, 1.165) is 25.7 Å². The minimum absolute atomic E-state index is 0.0170. The second-order valence-electron chi connectivity index (χ2n) is 5.03. The molecule has 20 heavy (non-hydrogen) atoms. The van der Waals surface area contributed by atoms with Gasteiger partial charge in [0.2, 0.25) is 5.95 Å². The molecule has 0 radical (unpaired) electrons. The molecule has 4 nitrogen and oxygen atoms in total. The van der Waals surface area contributed by atoms with E-state index in [1.54, 1.807) is 0 Å². The Balaban J connectivity index is 1.72. The average Bonchev–Trinajstić information content (AvgIpc) is 2.82. The van der Waals surface area contributed by atoms with Crippen molar-refractivity contribution in [1.82, 2.24) is 4.98 Å². The van der Waals surface area contributed by atoms with Crippen LogP contribution in [-0.4, -0.2) is 22.2 Å². The van der Waals surface area contributed by atoms with Crippen LogP contribution in [0.5, 0.6) is 5.75 Å². The fourth-order valence-electron chi connectivity index (χ4n) is 2.72. The lowest BCUT2D eigenvalue weighted by Crippen LogP contribution is -2.14. The average molecular weight is 275 g/mol. The standard InChI is InChI=1S/C15H14FNO3/c16-14-13(15(18)19)7-12(8-17-14)20-11-5-9-3-1-2-4-10(9)6-11/h1,3,7-8,11H,2,4-6H2,(H,18,19). The third kappa shape index (κ3) is 2.43. The Morgan fingerprint density at radius 3 is 3.05 bits per heavy atom. The minimum Gasteiger partial charge on any atom is -0.488 e. The lowest BCUT2D eigenvalue weighted by atomic mass is 10.0. The summed E-state index contributed by atoms with van der Waals surface area (Å²) in [5.74, 6) is -2.03. The number of aromatic carboxylic acids is 1. The Labute approximate surface area is 115 Å². The van der Waals surface area contributed by atoms with Gasteiger partial charge < -0.3 is 9.84 Å². The first-order valence-electron chi connectivity index (χ1n) is 6.56. The SMILES string of the molecule is O=C(O)c1cc(OC2CC3=C(CCC=C3)C2)cnc1F. The number of carbonyl (C=O) groups is 1. The molecule has 0 amide bonds. The molecule has 0 saturated heterocycles. The lowest BCUT2D eigenvalue weighted by Gasteiger charge is -2.14. The molecular formula is C15H14FNO3. The quantitative estimate of drug-likeness (QED) is 0.861. The molecule has 0 fully saturated rings. The molecule has 5 heteroatoms. The molecule has 0 saturated carbocycles. The number of pyridine rings is 1. The van der Waals surface area contributed by atoms with E-state index in [9.17, 15) is 9.18 Å². The molecule has 0 bridgehead atoms. The van der Waals surface area contributed by atoms with Crippen molar-refractivity contribution in [3.8, 4) is 5.75 Å². The summed E-state index contributed by atoms with van der Waals surface area (Å²) in [6, 6.07) is 1.19. The highest BCUT2D eigenvalue weighted by Gasteiger charge is 2.25. The number of carboxylic acid groups (broad SMARTS) is 1. The summed E-state index contributed by atoms with van der Waals surface area (Å²) in [6.07, 6.45) is 9.29. The van der Waals surface area contributed by atoms with Crippen LogP contribution in [0.4, 0.5) is 4.39 Å². The van der Waals surface area contributed by atoms with Crippen molar-refractivity contribution in [3.63, 3.8) is 0 Å². The van der Waals surface area contributed by atoms with Gasteiger partial charge in [0.15, 0.2) is 0 Å². The monoisotopic (exact) mass is 275 g/mol. The number of ether oxygens (including phenoxy) is 1. The Morgan fingerprint density at radius 1 is 1.45 bits per heavy atom. The highest BCUT2D eigenvalue weighted by molar-refractivity contribution is 5.87. The Bertz CT molecular complexity index is 622. The third-order valence-electron chi connectivity index (χ3n) is 3.65. The molecule has 1 N–H and O–H groups in total. The highest BCUT2D eigenvalue weighted by atomic mass is 19.1. The van der Waals surface area contributed by atoms with Crippen molar-refractivity contribution in [1.29, 1.82) is 0 Å². The summed E-state index contributed by atoms with van der Waals surface area (Å²) in [6.45, 7) is 0. The topological polar surface area (TPSA) is 59.4 Å². The molecule has 0 aromatic carbocycles. The van der Waals surface area contributed by atoms with Crippen LogP contribution in [0.3, 0.4) is 0 Å². The first-order valence-corrected chi connectivity index (χ1v) is 6.56. The van der Waals surface area contributed by atoms with Gasteiger partial charge >= 0.3 is 5.97 Å². The van der Waals surface area contributed by atoms with Crippen LogP contribution in [0.1, 0.15) is 36.0 Å². The number of carboxylic acids is 1. The van der Waals surface area contributed by atoms with Gasteiger partial charge in [-0.15, -0.1) is 0 Å². The van der Waals surface area contributed by atoms with Gasteiger partial charge in [-0.05, 0) is 18.4 Å². The van der Waals surface area contributed by atoms with Gasteiger partial charge in [0.25, 0.3) is 0 Å². The normalized spacial score (nSPS) is 20.9. The van der Waals surface area contributed by atoms with Crippen molar-refractivity contribution in [2.24, 2.45) is 0 Å². The van der Waals surface area contributed by atoms with Gasteiger partial charge in [-0.2, -0.15) is 4.39 Å². The van der Waals surface area contributed by atoms with Crippen LogP contribution in [0.25, 0.3) is 0 Å². The Morgan fingerprint density at radius 2 is 2.30 bits per heavy atom. The number of halogens is 1. The highest BCUT2D eigenvalue weighted by Crippen LogP contribution is 2.35. The third-order valence-corrected chi connectivity index (χ3v) is 3.65. The van der Waals surface area contributed by atoms with E-state index >= 15 is 0 Å². The van der Waals surface area contributed by atoms with Gasteiger partial charge in [-0.25, -0.2) is 9.78 Å². The summed E-state index contributed by atoms with van der Waals surface area (Å²) in [5.41, 5.74) is 2.26. The molecule has 1 unspecified atom stereocenters. The predicted molar refractivity (Wildman–Crippen MR) is 70.2 cm³/mol. The first-order chi connectivity index (χ1) is 9.63. The largest absolute Gasteiger partial charge is 0.488 e. The number of aromatic nitrogens is 1. The summed E-state index contributed by atoms with van der Waals surface area (Å²) in [7, 11) is 0. The summed E-state index contributed by atoms with van der Waals surface area (Å²) < 4.78 is 19.0. The van der Waals surface area contributed by atoms with Gasteiger partial charge in [0, 0.05) is 18.9 Å². The molecular weight excluding hydrogens is 261 g/mol. The van der Waals surface area contributed by atoms with Crippen LogP contribution in [-0.2, 0) is 0 Å². The van der Waals surface area contributed by atoms with E-state index in [-0.39, 0.29) is 6.10 Å². The van der Waals surface area contributed by atoms with Crippen molar-refractivity contribution >= 4 is 5.97 Å². The molecule has 0 aliphatic heterocycles. The van der Waals surface area contributed by atoms with Gasteiger partial charge in [0.1, 0.15) is 17.4 Å². The Kier molecular flexibility index (Phi) is 3.26. The van der Waals surface area contributed by atoms with Crippen molar-refractivity contribution in [2.75, 3.05) is 0 Å². The van der Waals surface area contributed by atoms with Crippen molar-refractivity contribution < 1.29 is 19.0 Å². The number of hydrogen-bond donors (Lipinski definition) is 1. The fourth-order valence-corrected chi connectivity index (χ4v) is 2.72. The maximum Gasteiger partial charge on any atom is 0.340 e. The van der Waals surface area contributed by atoms with E-state index in [0.29, 0.717) is 5.75 Å². The van der Waals surface area contributed by atoms with E-state index in [2.05, 4.69) is 17.1 Å². The molecule has 0 spiro atoms. The second-order valence-corrected chi connectivity index (χ2v) is 5.03. The number of nitrogens with zero attached hydrogens (tertiary/aromatic N) is 1. The second kappa shape index (κ2) is 5.07. The van der Waals surface area contributed by atoms with Crippen LogP contribution >= 0.6 is 0 Å². The number of allylic oxidation sites excluding steroid dienone is 2. The molecule has 3 rings (SSSR count). The zero-order valence-corrected chi connectivity index (χ0v) is 10.8. The van der Waals surface area contributed by atoms with Crippen LogP contribution in [0, 0.1) is 5.95 Å². The van der Waals surface area contributed by atoms with Gasteiger partial charge in [-0.3, -0.25) is 0 Å². The fraction of sp³-hybridized carbons (Fsp3) is 0.333. The maximum atomic E-state index is 13.2. The van der Waals surface area contributed by atoms with Gasteiger partial charge in [-0.1, -0.05) is 17.7 Å². The number of rotatable bonds is 3. The smallest absolute Gasteiger partial charge is 0.340 e. The summed E-state index contributed by atoms with van der Waals surface area (Å²) >= 11 is 0. The Hall–Kier alpha value is -2.17.